The molecule has 2 aromatic carbocycles. The van der Waals surface area contributed by atoms with Crippen LogP contribution >= 0.6 is 0 Å². The maximum atomic E-state index is 11.8. The van der Waals surface area contributed by atoms with Gasteiger partial charge in [0.05, 0.1) is 13.3 Å². The molecule has 1 N–H and O–H groups in total. The van der Waals surface area contributed by atoms with Crippen LogP contribution in [-0.4, -0.2) is 25.8 Å². The zero-order chi connectivity index (χ0) is 16.7. The van der Waals surface area contributed by atoms with E-state index in [-0.39, 0.29) is 12.5 Å². The van der Waals surface area contributed by atoms with Crippen LogP contribution in [0.4, 0.5) is 0 Å². The van der Waals surface area contributed by atoms with E-state index >= 15 is 0 Å². The van der Waals surface area contributed by atoms with Crippen LogP contribution < -0.4 is 14.9 Å². The van der Waals surface area contributed by atoms with Gasteiger partial charge in [0.1, 0.15) is 0 Å². The first kappa shape index (κ1) is 16.5. The third-order valence-corrected chi connectivity index (χ3v) is 3.25. The van der Waals surface area contributed by atoms with Gasteiger partial charge in [0.15, 0.2) is 18.1 Å². The number of hydrogen-bond acceptors (Lipinski definition) is 4. The number of benzene rings is 2. The number of carbonyl (C=O) groups is 1. The van der Waals surface area contributed by atoms with Crippen molar-refractivity contribution in [2.75, 3.05) is 13.7 Å². The number of nitrogens with one attached hydrogen (secondary N) is 1. The average Bonchev–Trinajstić information content (AvgIpc) is 2.55. The molecule has 2 aromatic rings. The predicted molar refractivity (Wildman–Crippen MR) is 90.1 cm³/mol. The SMILES string of the molecule is COc1ccccc1OCC(=O)NN=Cc1ccc(C)cc1C. The third kappa shape index (κ3) is 4.85. The van der Waals surface area contributed by atoms with Gasteiger partial charge in [0.2, 0.25) is 0 Å². The van der Waals surface area contributed by atoms with Gasteiger partial charge in [0, 0.05) is 0 Å². The van der Waals surface area contributed by atoms with Crippen molar-refractivity contribution in [3.05, 3.63) is 59.2 Å². The minimum absolute atomic E-state index is 0.134. The average molecular weight is 312 g/mol. The number of aryl methyl sites for hydroxylation is 2. The van der Waals surface area contributed by atoms with Crippen LogP contribution in [0.2, 0.25) is 0 Å². The van der Waals surface area contributed by atoms with E-state index in [9.17, 15) is 4.79 Å². The maximum Gasteiger partial charge on any atom is 0.277 e. The first-order valence-electron chi connectivity index (χ1n) is 7.25. The van der Waals surface area contributed by atoms with Gasteiger partial charge in [0.25, 0.3) is 5.91 Å². The number of hydrogen-bond donors (Lipinski definition) is 1. The van der Waals surface area contributed by atoms with Crippen LogP contribution in [0.3, 0.4) is 0 Å². The zero-order valence-electron chi connectivity index (χ0n) is 13.5. The van der Waals surface area contributed by atoms with E-state index in [2.05, 4.69) is 16.6 Å². The van der Waals surface area contributed by atoms with Crippen LogP contribution in [0, 0.1) is 13.8 Å². The molecule has 0 aromatic heterocycles. The van der Waals surface area contributed by atoms with Crippen molar-refractivity contribution in [3.63, 3.8) is 0 Å². The normalized spacial score (nSPS) is 10.6. The monoisotopic (exact) mass is 312 g/mol. The van der Waals surface area contributed by atoms with E-state index in [1.165, 1.54) is 5.56 Å². The molecular weight excluding hydrogens is 292 g/mol. The second kappa shape index (κ2) is 7.98. The first-order valence-corrected chi connectivity index (χ1v) is 7.25. The van der Waals surface area contributed by atoms with Crippen LogP contribution in [0.15, 0.2) is 47.6 Å². The Balaban J connectivity index is 1.86. The fraction of sp³-hybridized carbons (Fsp3) is 0.222. The van der Waals surface area contributed by atoms with Crippen LogP contribution in [0.1, 0.15) is 16.7 Å². The molecule has 0 spiro atoms. The summed E-state index contributed by atoms with van der Waals surface area (Å²) in [6.45, 7) is 3.90. The summed E-state index contributed by atoms with van der Waals surface area (Å²) >= 11 is 0. The molecule has 0 heterocycles. The molecule has 0 aliphatic heterocycles. The molecule has 5 nitrogen and oxygen atoms in total. The second-order valence-corrected chi connectivity index (χ2v) is 5.09. The highest BCUT2D eigenvalue weighted by molar-refractivity contribution is 5.84. The number of para-hydroxylation sites is 2. The summed E-state index contributed by atoms with van der Waals surface area (Å²) in [4.78, 5) is 11.8. The van der Waals surface area contributed by atoms with Gasteiger partial charge in [-0.2, -0.15) is 5.10 Å². The second-order valence-electron chi connectivity index (χ2n) is 5.09. The van der Waals surface area contributed by atoms with Gasteiger partial charge < -0.3 is 9.47 Å². The summed E-state index contributed by atoms with van der Waals surface area (Å²) in [5.41, 5.74) is 5.70. The number of nitrogens with zero attached hydrogens (tertiary/aromatic N) is 1. The summed E-state index contributed by atoms with van der Waals surface area (Å²) in [7, 11) is 1.55. The molecule has 0 saturated carbocycles. The van der Waals surface area contributed by atoms with E-state index in [1.54, 1.807) is 25.5 Å². The summed E-state index contributed by atoms with van der Waals surface area (Å²) < 4.78 is 10.6. The Morgan fingerprint density at radius 1 is 1.17 bits per heavy atom. The lowest BCUT2D eigenvalue weighted by molar-refractivity contribution is -0.123. The molecule has 0 radical (unpaired) electrons. The molecule has 0 aliphatic carbocycles. The lowest BCUT2D eigenvalue weighted by Gasteiger charge is -2.09. The third-order valence-electron chi connectivity index (χ3n) is 3.25. The highest BCUT2D eigenvalue weighted by atomic mass is 16.5. The Morgan fingerprint density at radius 3 is 2.61 bits per heavy atom. The Labute approximate surface area is 135 Å². The molecule has 0 saturated heterocycles. The van der Waals surface area contributed by atoms with Crippen molar-refractivity contribution in [3.8, 4) is 11.5 Å². The molecule has 0 fully saturated rings. The molecule has 0 unspecified atom stereocenters. The van der Waals surface area contributed by atoms with Crippen LogP contribution in [0.25, 0.3) is 0 Å². The first-order chi connectivity index (χ1) is 11.1. The van der Waals surface area contributed by atoms with Gasteiger partial charge >= 0.3 is 0 Å². The Morgan fingerprint density at radius 2 is 1.91 bits per heavy atom. The highest BCUT2D eigenvalue weighted by Gasteiger charge is 2.06. The topological polar surface area (TPSA) is 59.9 Å². The Kier molecular flexibility index (Phi) is 5.74. The molecular formula is C18H20N2O3. The van der Waals surface area contributed by atoms with Crippen molar-refractivity contribution < 1.29 is 14.3 Å². The standard InChI is InChI=1S/C18H20N2O3/c1-13-8-9-15(14(2)10-13)11-19-20-18(21)12-23-17-7-5-4-6-16(17)22-3/h4-11H,12H2,1-3H3,(H,20,21). The van der Waals surface area contributed by atoms with Gasteiger partial charge in [-0.3, -0.25) is 4.79 Å². The van der Waals surface area contributed by atoms with E-state index in [1.807, 2.05) is 38.1 Å². The minimum Gasteiger partial charge on any atom is -0.493 e. The molecule has 0 aliphatic rings. The molecule has 23 heavy (non-hydrogen) atoms. The van der Waals surface area contributed by atoms with Gasteiger partial charge in [-0.1, -0.05) is 35.9 Å². The predicted octanol–water partition coefficient (Wildman–Crippen LogP) is 2.84. The van der Waals surface area contributed by atoms with Crippen LogP contribution in [-0.2, 0) is 4.79 Å². The van der Waals surface area contributed by atoms with E-state index in [0.717, 1.165) is 11.1 Å². The molecule has 0 atom stereocenters. The van der Waals surface area contributed by atoms with E-state index in [4.69, 9.17) is 9.47 Å². The molecule has 120 valence electrons. The lowest BCUT2D eigenvalue weighted by atomic mass is 10.1. The number of hydrazone groups is 1. The van der Waals surface area contributed by atoms with Crippen LogP contribution in [0.5, 0.6) is 11.5 Å². The lowest BCUT2D eigenvalue weighted by Crippen LogP contribution is -2.24. The smallest absolute Gasteiger partial charge is 0.277 e. The Hall–Kier alpha value is -2.82. The maximum absolute atomic E-state index is 11.8. The fourth-order valence-corrected chi connectivity index (χ4v) is 2.06. The number of ether oxygens (including phenoxy) is 2. The summed E-state index contributed by atoms with van der Waals surface area (Å²) in [6.07, 6.45) is 1.62. The van der Waals surface area contributed by atoms with Gasteiger partial charge in [-0.25, -0.2) is 5.43 Å². The number of carbonyl (C=O) groups excluding carboxylic acids is 1. The largest absolute Gasteiger partial charge is 0.493 e. The quantitative estimate of drug-likeness (QED) is 0.659. The van der Waals surface area contributed by atoms with Gasteiger partial charge in [-0.05, 0) is 37.1 Å². The van der Waals surface area contributed by atoms with Crippen molar-refractivity contribution in [1.82, 2.24) is 5.43 Å². The number of methoxy groups -OCH3 is 1. The molecule has 5 heteroatoms. The molecule has 0 bridgehead atoms. The molecule has 2 rings (SSSR count). The Bertz CT molecular complexity index is 711. The van der Waals surface area contributed by atoms with E-state index in [0.29, 0.717) is 11.5 Å². The van der Waals surface area contributed by atoms with E-state index < -0.39 is 0 Å². The fourth-order valence-electron chi connectivity index (χ4n) is 2.06. The molecule has 1 amide bonds. The minimum atomic E-state index is -0.336. The van der Waals surface area contributed by atoms with Gasteiger partial charge in [-0.15, -0.1) is 0 Å². The number of rotatable bonds is 6. The number of amides is 1. The summed E-state index contributed by atoms with van der Waals surface area (Å²) in [5, 5.41) is 3.95. The zero-order valence-corrected chi connectivity index (χ0v) is 13.5. The summed E-state index contributed by atoms with van der Waals surface area (Å²) in [6, 6.07) is 13.2. The van der Waals surface area contributed by atoms with Crippen molar-refractivity contribution in [2.45, 2.75) is 13.8 Å². The van der Waals surface area contributed by atoms with Crippen molar-refractivity contribution in [2.24, 2.45) is 5.10 Å². The highest BCUT2D eigenvalue weighted by Crippen LogP contribution is 2.25. The summed E-state index contributed by atoms with van der Waals surface area (Å²) in [5.74, 6) is 0.763. The van der Waals surface area contributed by atoms with Crippen molar-refractivity contribution >= 4 is 12.1 Å². The van der Waals surface area contributed by atoms with Crippen molar-refractivity contribution in [1.29, 1.82) is 0 Å².